The molecule has 2 saturated heterocycles. The van der Waals surface area contributed by atoms with Gasteiger partial charge in [0.25, 0.3) is 0 Å². The largest absolute Gasteiger partial charge is 0.395 e. The summed E-state index contributed by atoms with van der Waals surface area (Å²) < 4.78 is 24.0. The van der Waals surface area contributed by atoms with Crippen LogP contribution in [0.5, 0.6) is 0 Å². The van der Waals surface area contributed by atoms with Crippen LogP contribution in [0.2, 0.25) is 0 Å². The van der Waals surface area contributed by atoms with E-state index in [1.165, 1.54) is 0 Å². The summed E-state index contributed by atoms with van der Waals surface area (Å²) in [7, 11) is 0. The van der Waals surface area contributed by atoms with Gasteiger partial charge in [-0.25, -0.2) is 0 Å². The van der Waals surface area contributed by atoms with E-state index in [4.69, 9.17) is 41.9 Å². The van der Waals surface area contributed by atoms with Crippen LogP contribution >= 0.6 is 0 Å². The SMILES string of the molecule is NC[C@H]1O[C@H](OC2[C@@H](N)C[C@@H](NC(CO)CO)[C@H](O[C@H]3O[C@H](CO)[C@@H](O)[C@H](N)[C@H]3O)[C@H]2O)[C@H](NCC2CC(N)C2)C[C@@H]1O. The van der Waals surface area contributed by atoms with E-state index in [-0.39, 0.29) is 25.4 Å². The summed E-state index contributed by atoms with van der Waals surface area (Å²) in [5, 5.41) is 78.6. The average Bonchev–Trinajstić information content (AvgIpc) is 2.97. The van der Waals surface area contributed by atoms with Gasteiger partial charge in [0.05, 0.1) is 50.2 Å². The van der Waals surface area contributed by atoms with Crippen molar-refractivity contribution >= 4 is 0 Å². The second-order valence-electron chi connectivity index (χ2n) is 12.4. The lowest BCUT2D eigenvalue weighted by Gasteiger charge is -2.49. The van der Waals surface area contributed by atoms with E-state index >= 15 is 0 Å². The van der Waals surface area contributed by atoms with E-state index in [1.807, 2.05) is 0 Å². The molecular formula is C26H52N6O11. The number of aliphatic hydroxyl groups excluding tert-OH is 7. The Morgan fingerprint density at radius 2 is 1.42 bits per heavy atom. The number of rotatable bonds is 13. The van der Waals surface area contributed by atoms with Crippen LogP contribution in [-0.2, 0) is 18.9 Å². The van der Waals surface area contributed by atoms with Gasteiger partial charge < -0.3 is 88.3 Å². The van der Waals surface area contributed by atoms with E-state index in [9.17, 15) is 35.7 Å². The molecule has 0 aromatic rings. The number of nitrogens with two attached hydrogens (primary N) is 4. The number of ether oxygens (including phenoxy) is 4. The van der Waals surface area contributed by atoms with Crippen molar-refractivity contribution in [1.29, 1.82) is 0 Å². The Hall–Kier alpha value is -0.680. The number of nitrogens with one attached hydrogen (secondary N) is 2. The van der Waals surface area contributed by atoms with Crippen molar-refractivity contribution in [3.8, 4) is 0 Å². The predicted molar refractivity (Wildman–Crippen MR) is 150 cm³/mol. The second-order valence-corrected chi connectivity index (χ2v) is 12.4. The normalized spacial score (nSPS) is 47.4. The molecule has 2 aliphatic carbocycles. The van der Waals surface area contributed by atoms with Gasteiger partial charge in [-0.1, -0.05) is 0 Å². The molecule has 252 valence electrons. The zero-order valence-electron chi connectivity index (χ0n) is 24.3. The fourth-order valence-corrected chi connectivity index (χ4v) is 6.44. The first-order chi connectivity index (χ1) is 20.5. The molecule has 43 heavy (non-hydrogen) atoms. The molecule has 1 unspecified atom stereocenters. The van der Waals surface area contributed by atoms with Crippen molar-refractivity contribution in [1.82, 2.24) is 10.6 Å². The van der Waals surface area contributed by atoms with Crippen molar-refractivity contribution < 1.29 is 54.7 Å². The lowest BCUT2D eigenvalue weighted by molar-refractivity contribution is -0.317. The van der Waals surface area contributed by atoms with Gasteiger partial charge in [-0.3, -0.25) is 0 Å². The van der Waals surface area contributed by atoms with Crippen molar-refractivity contribution in [3.63, 3.8) is 0 Å². The Kier molecular flexibility index (Phi) is 12.9. The summed E-state index contributed by atoms with van der Waals surface area (Å²) in [5.74, 6) is 0.382. The summed E-state index contributed by atoms with van der Waals surface area (Å²) in [6.45, 7) is -0.763. The predicted octanol–water partition coefficient (Wildman–Crippen LogP) is -6.94. The highest BCUT2D eigenvalue weighted by Crippen LogP contribution is 2.32. The highest BCUT2D eigenvalue weighted by atomic mass is 16.7. The number of aliphatic hydroxyl groups is 7. The summed E-state index contributed by atoms with van der Waals surface area (Å²) in [6.07, 6.45) is -9.50. The van der Waals surface area contributed by atoms with Gasteiger partial charge in [0.1, 0.15) is 36.6 Å². The highest BCUT2D eigenvalue weighted by Gasteiger charge is 2.51. The Bertz CT molecular complexity index is 843. The van der Waals surface area contributed by atoms with Crippen LogP contribution in [0.3, 0.4) is 0 Å². The molecule has 0 aromatic carbocycles. The van der Waals surface area contributed by atoms with E-state index in [0.717, 1.165) is 12.8 Å². The van der Waals surface area contributed by atoms with E-state index in [1.54, 1.807) is 0 Å². The first kappa shape index (κ1) is 35.2. The summed E-state index contributed by atoms with van der Waals surface area (Å²) in [6, 6.07) is -3.81. The molecule has 2 heterocycles. The average molecular weight is 625 g/mol. The monoisotopic (exact) mass is 624 g/mol. The maximum absolute atomic E-state index is 11.6. The van der Waals surface area contributed by atoms with Crippen LogP contribution in [0.25, 0.3) is 0 Å². The molecule has 14 atom stereocenters. The molecule has 4 rings (SSSR count). The molecule has 4 fully saturated rings. The lowest BCUT2D eigenvalue weighted by Crippen LogP contribution is -2.69. The number of hydrogen-bond acceptors (Lipinski definition) is 17. The van der Waals surface area contributed by atoms with Crippen LogP contribution in [-0.4, -0.2) is 166 Å². The third-order valence-electron chi connectivity index (χ3n) is 9.16. The molecule has 0 radical (unpaired) electrons. The molecule has 17 nitrogen and oxygen atoms in total. The van der Waals surface area contributed by atoms with Crippen LogP contribution < -0.4 is 33.6 Å². The molecule has 0 bridgehead atoms. The minimum Gasteiger partial charge on any atom is -0.395 e. The standard InChI is InChI=1S/C26H52N6O11/c27-5-17-16(36)4-15(31-6-10-1-11(28)2-10)25(40-17)42-23-13(29)3-14(32-12(7-33)8-34)24(22(23)39)43-26-21(38)19(30)20(37)18(9-35)41-26/h10-26,31-39H,1-9,27-30H2/t10?,11?,13-,14+,15+,16-,17+,18+,19-,20+,21+,22-,23?,24-,25+,26+/m0/s1. The van der Waals surface area contributed by atoms with Crippen LogP contribution in [0.1, 0.15) is 25.7 Å². The topological polar surface area (TPSA) is 307 Å². The summed E-state index contributed by atoms with van der Waals surface area (Å²) in [5.41, 5.74) is 24.2. The quantitative estimate of drug-likeness (QED) is 0.0905. The fourth-order valence-electron chi connectivity index (χ4n) is 6.44. The van der Waals surface area contributed by atoms with Crippen LogP contribution in [0.4, 0.5) is 0 Å². The third kappa shape index (κ3) is 8.19. The van der Waals surface area contributed by atoms with Gasteiger partial charge in [-0.15, -0.1) is 0 Å². The van der Waals surface area contributed by atoms with Crippen LogP contribution in [0, 0.1) is 5.92 Å². The maximum Gasteiger partial charge on any atom is 0.186 e. The van der Waals surface area contributed by atoms with Crippen molar-refractivity contribution in [2.24, 2.45) is 28.9 Å². The zero-order chi connectivity index (χ0) is 31.4. The Labute approximate surface area is 250 Å². The molecule has 2 saturated carbocycles. The first-order valence-electron chi connectivity index (χ1n) is 15.1. The molecule has 0 aromatic heterocycles. The zero-order valence-corrected chi connectivity index (χ0v) is 24.3. The van der Waals surface area contributed by atoms with Crippen molar-refractivity contribution in [2.75, 3.05) is 32.9 Å². The maximum atomic E-state index is 11.6. The van der Waals surface area contributed by atoms with E-state index in [2.05, 4.69) is 10.6 Å². The third-order valence-corrected chi connectivity index (χ3v) is 9.16. The Morgan fingerprint density at radius 3 is 2.02 bits per heavy atom. The van der Waals surface area contributed by atoms with Gasteiger partial charge in [-0.2, -0.15) is 0 Å². The number of hydrogen-bond donors (Lipinski definition) is 13. The first-order valence-corrected chi connectivity index (χ1v) is 15.1. The van der Waals surface area contributed by atoms with Crippen molar-refractivity contribution in [2.45, 2.75) is 123 Å². The van der Waals surface area contributed by atoms with E-state index in [0.29, 0.717) is 12.5 Å². The lowest BCUT2D eigenvalue weighted by atomic mass is 9.80. The van der Waals surface area contributed by atoms with Gasteiger partial charge in [-0.05, 0) is 38.1 Å². The Morgan fingerprint density at radius 1 is 0.767 bits per heavy atom. The van der Waals surface area contributed by atoms with Gasteiger partial charge in [0.15, 0.2) is 12.6 Å². The molecule has 17 heteroatoms. The summed E-state index contributed by atoms with van der Waals surface area (Å²) in [4.78, 5) is 0. The van der Waals surface area contributed by atoms with E-state index < -0.39 is 111 Å². The minimum atomic E-state index is -1.52. The highest BCUT2D eigenvalue weighted by molar-refractivity contribution is 5.03. The molecular weight excluding hydrogens is 572 g/mol. The molecule has 2 aliphatic heterocycles. The van der Waals surface area contributed by atoms with Gasteiger partial charge >= 0.3 is 0 Å². The van der Waals surface area contributed by atoms with Crippen molar-refractivity contribution in [3.05, 3.63) is 0 Å². The second kappa shape index (κ2) is 15.7. The van der Waals surface area contributed by atoms with Gasteiger partial charge in [0, 0.05) is 24.7 Å². The fraction of sp³-hybridized carbons (Fsp3) is 1.00. The molecule has 0 spiro atoms. The minimum absolute atomic E-state index is 0.0426. The molecule has 4 aliphatic rings. The molecule has 0 amide bonds. The molecule has 17 N–H and O–H groups in total. The van der Waals surface area contributed by atoms with Crippen LogP contribution in [0.15, 0.2) is 0 Å². The summed E-state index contributed by atoms with van der Waals surface area (Å²) >= 11 is 0. The van der Waals surface area contributed by atoms with Gasteiger partial charge in [0.2, 0.25) is 0 Å². The Balaban J connectivity index is 1.52. The smallest absolute Gasteiger partial charge is 0.186 e.